The summed E-state index contributed by atoms with van der Waals surface area (Å²) in [6.45, 7) is 9.39. The maximum Gasteiger partial charge on any atom is 0.319 e. The number of benzene rings is 1. The van der Waals surface area contributed by atoms with Crippen molar-refractivity contribution < 1.29 is 14.3 Å². The van der Waals surface area contributed by atoms with E-state index in [0.29, 0.717) is 0 Å². The lowest BCUT2D eigenvalue weighted by molar-refractivity contribution is 0.0654. The number of hydrogen-bond acceptors (Lipinski definition) is 5. The fourth-order valence-corrected chi connectivity index (χ4v) is 3.29. The first-order valence-corrected chi connectivity index (χ1v) is 10.5. The maximum absolute atomic E-state index is 14.6. The molecule has 2 aromatic heterocycles. The highest BCUT2D eigenvalue weighted by atomic mass is 19.1. The van der Waals surface area contributed by atoms with Crippen LogP contribution < -0.4 is 16.0 Å². The molecule has 0 aliphatic rings. The second-order valence-corrected chi connectivity index (χ2v) is 9.00. The molecular formula is C24H30FN5O2. The Labute approximate surface area is 187 Å². The Bertz CT molecular complexity index is 1160. The van der Waals surface area contributed by atoms with E-state index in [1.165, 1.54) is 6.07 Å². The first-order chi connectivity index (χ1) is 15.0. The number of amides is 2. The molecule has 7 nitrogen and oxygen atoms in total. The average molecular weight is 440 g/mol. The lowest BCUT2D eigenvalue weighted by atomic mass is 9.89. The standard InChI is InChI=1S/C24H30FN5O2/c1-13-7-18(25)20(30-23(32)28-12-21(31)24(3,4)5)9-16(13)17-8-15-11-27-22(26-6)10-19(15)29-14(17)2/h7-11,21,31H,12H2,1-6H3,(H,26,27)(H2,28,30,32). The van der Waals surface area contributed by atoms with E-state index in [0.717, 1.165) is 39.1 Å². The van der Waals surface area contributed by atoms with E-state index >= 15 is 0 Å². The molecule has 32 heavy (non-hydrogen) atoms. The number of urea groups is 1. The summed E-state index contributed by atoms with van der Waals surface area (Å²) in [6.07, 6.45) is 1.01. The topological polar surface area (TPSA) is 99.2 Å². The van der Waals surface area contributed by atoms with Crippen molar-refractivity contribution >= 4 is 28.4 Å². The van der Waals surface area contributed by atoms with Crippen LogP contribution in [0.25, 0.3) is 22.0 Å². The Morgan fingerprint density at radius 1 is 1.16 bits per heavy atom. The zero-order chi connectivity index (χ0) is 23.6. The first kappa shape index (κ1) is 23.4. The van der Waals surface area contributed by atoms with Gasteiger partial charge < -0.3 is 21.1 Å². The van der Waals surface area contributed by atoms with Crippen LogP contribution in [-0.2, 0) is 0 Å². The van der Waals surface area contributed by atoms with Crippen molar-refractivity contribution in [2.75, 3.05) is 24.2 Å². The predicted octanol–water partition coefficient (Wildman–Crippen LogP) is 4.62. The normalized spacial score (nSPS) is 12.5. The summed E-state index contributed by atoms with van der Waals surface area (Å²) < 4.78 is 14.6. The molecule has 1 atom stereocenters. The van der Waals surface area contributed by atoms with E-state index in [1.807, 2.05) is 46.8 Å². The minimum Gasteiger partial charge on any atom is -0.391 e. The molecule has 3 aromatic rings. The highest BCUT2D eigenvalue weighted by molar-refractivity contribution is 5.92. The van der Waals surface area contributed by atoms with Gasteiger partial charge in [0.25, 0.3) is 0 Å². The number of nitrogens with one attached hydrogen (secondary N) is 3. The van der Waals surface area contributed by atoms with Crippen molar-refractivity contribution in [3.8, 4) is 11.1 Å². The number of carbonyl (C=O) groups excluding carboxylic acids is 1. The number of rotatable bonds is 5. The number of halogens is 1. The Hall–Kier alpha value is -3.26. The minimum atomic E-state index is -0.727. The number of aliphatic hydroxyl groups excluding tert-OH is 1. The Kier molecular flexibility index (Phi) is 6.64. The number of nitrogens with zero attached hydrogens (tertiary/aromatic N) is 2. The quantitative estimate of drug-likeness (QED) is 0.465. The van der Waals surface area contributed by atoms with Gasteiger partial charge in [-0.15, -0.1) is 0 Å². The van der Waals surface area contributed by atoms with Crippen LogP contribution in [0.1, 0.15) is 32.0 Å². The van der Waals surface area contributed by atoms with Crippen LogP contribution in [-0.4, -0.2) is 40.8 Å². The Morgan fingerprint density at radius 2 is 1.88 bits per heavy atom. The van der Waals surface area contributed by atoms with Crippen LogP contribution >= 0.6 is 0 Å². The predicted molar refractivity (Wildman–Crippen MR) is 126 cm³/mol. The smallest absolute Gasteiger partial charge is 0.319 e. The Balaban J connectivity index is 1.90. The lowest BCUT2D eigenvalue weighted by Crippen LogP contribution is -2.41. The molecule has 0 radical (unpaired) electrons. The third kappa shape index (κ3) is 5.13. The summed E-state index contributed by atoms with van der Waals surface area (Å²) in [5, 5.41) is 19.1. The zero-order valence-corrected chi connectivity index (χ0v) is 19.3. The summed E-state index contributed by atoms with van der Waals surface area (Å²) in [5.74, 6) is 0.189. The molecule has 0 spiro atoms. The molecule has 0 bridgehead atoms. The van der Waals surface area contributed by atoms with Gasteiger partial charge in [-0.25, -0.2) is 14.2 Å². The van der Waals surface area contributed by atoms with Crippen molar-refractivity contribution in [2.24, 2.45) is 5.41 Å². The van der Waals surface area contributed by atoms with Crippen LogP contribution in [0.5, 0.6) is 0 Å². The zero-order valence-electron chi connectivity index (χ0n) is 19.3. The fraction of sp³-hybridized carbons (Fsp3) is 0.375. The van der Waals surface area contributed by atoms with Crippen LogP contribution in [0.4, 0.5) is 20.7 Å². The van der Waals surface area contributed by atoms with Crippen LogP contribution in [0.15, 0.2) is 30.5 Å². The maximum atomic E-state index is 14.6. The summed E-state index contributed by atoms with van der Waals surface area (Å²) in [5.41, 5.74) is 3.59. The van der Waals surface area contributed by atoms with Gasteiger partial charge in [-0.05, 0) is 48.6 Å². The van der Waals surface area contributed by atoms with Gasteiger partial charge in [0.1, 0.15) is 11.6 Å². The van der Waals surface area contributed by atoms with E-state index in [4.69, 9.17) is 0 Å². The summed E-state index contributed by atoms with van der Waals surface area (Å²) in [4.78, 5) is 21.3. The monoisotopic (exact) mass is 439 g/mol. The molecule has 2 heterocycles. The molecule has 4 N–H and O–H groups in total. The molecule has 8 heteroatoms. The van der Waals surface area contributed by atoms with E-state index in [-0.39, 0.29) is 17.6 Å². The van der Waals surface area contributed by atoms with Crippen molar-refractivity contribution in [3.05, 3.63) is 47.5 Å². The van der Waals surface area contributed by atoms with Gasteiger partial charge in [-0.1, -0.05) is 20.8 Å². The van der Waals surface area contributed by atoms with Gasteiger partial charge in [0, 0.05) is 42.5 Å². The van der Waals surface area contributed by atoms with Crippen LogP contribution in [0, 0.1) is 25.1 Å². The van der Waals surface area contributed by atoms with Gasteiger partial charge in [-0.3, -0.25) is 4.98 Å². The van der Waals surface area contributed by atoms with Gasteiger partial charge in [0.05, 0.1) is 17.3 Å². The number of hydrogen-bond donors (Lipinski definition) is 4. The van der Waals surface area contributed by atoms with Crippen molar-refractivity contribution in [3.63, 3.8) is 0 Å². The molecule has 0 aliphatic carbocycles. The number of fused-ring (bicyclic) bond motifs is 1. The fourth-order valence-electron chi connectivity index (χ4n) is 3.29. The molecule has 1 unspecified atom stereocenters. The van der Waals surface area contributed by atoms with Crippen LogP contribution in [0.2, 0.25) is 0 Å². The molecule has 0 fully saturated rings. The number of pyridine rings is 2. The first-order valence-electron chi connectivity index (χ1n) is 10.5. The SMILES string of the molecule is CNc1cc2nc(C)c(-c3cc(NC(=O)NCC(O)C(C)(C)C)c(F)cc3C)cc2cn1. The van der Waals surface area contributed by atoms with Crippen molar-refractivity contribution in [1.29, 1.82) is 0 Å². The number of aliphatic hydroxyl groups is 1. The highest BCUT2D eigenvalue weighted by Gasteiger charge is 2.22. The summed E-state index contributed by atoms with van der Waals surface area (Å²) >= 11 is 0. The van der Waals surface area contributed by atoms with E-state index in [1.54, 1.807) is 19.3 Å². The van der Waals surface area contributed by atoms with Gasteiger partial charge in [0.15, 0.2) is 0 Å². The van der Waals surface area contributed by atoms with Crippen LogP contribution in [0.3, 0.4) is 0 Å². The Morgan fingerprint density at radius 3 is 2.53 bits per heavy atom. The van der Waals surface area contributed by atoms with E-state index in [9.17, 15) is 14.3 Å². The molecular weight excluding hydrogens is 409 g/mol. The van der Waals surface area contributed by atoms with Gasteiger partial charge >= 0.3 is 6.03 Å². The van der Waals surface area contributed by atoms with Gasteiger partial charge in [0.2, 0.25) is 0 Å². The molecule has 3 rings (SSSR count). The summed E-state index contributed by atoms with van der Waals surface area (Å²) in [6, 6.07) is 6.25. The number of aryl methyl sites for hydroxylation is 2. The lowest BCUT2D eigenvalue weighted by Gasteiger charge is -2.26. The summed E-state index contributed by atoms with van der Waals surface area (Å²) in [7, 11) is 1.80. The molecule has 0 aliphatic heterocycles. The molecule has 1 aromatic carbocycles. The van der Waals surface area contributed by atoms with Crippen molar-refractivity contribution in [2.45, 2.75) is 40.7 Å². The van der Waals surface area contributed by atoms with E-state index in [2.05, 4.69) is 25.9 Å². The molecule has 0 saturated heterocycles. The molecule has 2 amide bonds. The number of carbonyl (C=O) groups is 1. The third-order valence-electron chi connectivity index (χ3n) is 5.45. The van der Waals surface area contributed by atoms with Crippen molar-refractivity contribution in [1.82, 2.24) is 15.3 Å². The highest BCUT2D eigenvalue weighted by Crippen LogP contribution is 2.32. The minimum absolute atomic E-state index is 0.0523. The molecule has 170 valence electrons. The second kappa shape index (κ2) is 9.08. The average Bonchev–Trinajstić information content (AvgIpc) is 2.72. The van der Waals surface area contributed by atoms with Gasteiger partial charge in [-0.2, -0.15) is 0 Å². The number of aromatic nitrogens is 2. The second-order valence-electron chi connectivity index (χ2n) is 9.00. The largest absolute Gasteiger partial charge is 0.391 e. The third-order valence-corrected chi connectivity index (χ3v) is 5.45. The van der Waals surface area contributed by atoms with E-state index < -0.39 is 18.0 Å². The molecule has 0 saturated carbocycles. The number of anilines is 2.